The van der Waals surface area contributed by atoms with E-state index in [9.17, 15) is 9.59 Å². The van der Waals surface area contributed by atoms with E-state index in [4.69, 9.17) is 9.84 Å². The minimum Gasteiger partial charge on any atom is -0.481 e. The van der Waals surface area contributed by atoms with Crippen molar-refractivity contribution < 1.29 is 19.4 Å². The molecular formula is C32H61NO4. The molecular weight excluding hydrogens is 462 g/mol. The maximum atomic E-state index is 12.1. The van der Waals surface area contributed by atoms with Gasteiger partial charge in [-0.3, -0.25) is 9.59 Å². The molecule has 218 valence electrons. The third kappa shape index (κ3) is 34.4. The third-order valence-electron chi connectivity index (χ3n) is 6.13. The molecule has 0 rings (SSSR count). The molecule has 5 nitrogen and oxygen atoms in total. The molecule has 0 aliphatic heterocycles. The maximum Gasteiger partial charge on any atom is 0.306 e. The molecule has 0 aliphatic carbocycles. The lowest BCUT2D eigenvalue weighted by Gasteiger charge is -2.19. The number of hydrogen-bond acceptors (Lipinski definition) is 4. The quantitative estimate of drug-likeness (QED) is 0.0776. The van der Waals surface area contributed by atoms with E-state index in [2.05, 4.69) is 58.0 Å². The lowest BCUT2D eigenvalue weighted by Crippen LogP contribution is -2.21. The minimum absolute atomic E-state index is 0.0245. The fourth-order valence-electron chi connectivity index (χ4n) is 3.84. The van der Waals surface area contributed by atoms with Gasteiger partial charge < -0.3 is 14.7 Å². The Balaban J connectivity index is 0. The number of carboxylic acids is 1. The summed E-state index contributed by atoms with van der Waals surface area (Å²) in [5.74, 6) is -0.739. The first kappa shape index (κ1) is 37.5. The van der Waals surface area contributed by atoms with E-state index in [1.807, 2.05) is 6.08 Å². The van der Waals surface area contributed by atoms with E-state index in [-0.39, 0.29) is 18.5 Å². The van der Waals surface area contributed by atoms with Crippen LogP contribution in [0, 0.1) is 0 Å². The summed E-state index contributed by atoms with van der Waals surface area (Å²) in [5.41, 5.74) is 0. The van der Waals surface area contributed by atoms with Crippen molar-refractivity contribution in [3.05, 3.63) is 24.3 Å². The highest BCUT2D eigenvalue weighted by molar-refractivity contribution is 5.69. The zero-order chi connectivity index (χ0) is 28.0. The van der Waals surface area contributed by atoms with Crippen LogP contribution in [0.1, 0.15) is 143 Å². The van der Waals surface area contributed by atoms with Crippen molar-refractivity contribution in [1.29, 1.82) is 0 Å². The summed E-state index contributed by atoms with van der Waals surface area (Å²) in [6, 6.07) is 0. The lowest BCUT2D eigenvalue weighted by molar-refractivity contribution is -0.149. The molecule has 1 N–H and O–H groups in total. The Bertz CT molecular complexity index is 557. The van der Waals surface area contributed by atoms with Gasteiger partial charge in [-0.15, -0.1) is 0 Å². The summed E-state index contributed by atoms with van der Waals surface area (Å²) in [4.78, 5) is 24.4. The summed E-state index contributed by atoms with van der Waals surface area (Å²) < 4.78 is 5.77. The Morgan fingerprint density at radius 3 is 1.68 bits per heavy atom. The molecule has 0 heterocycles. The monoisotopic (exact) mass is 523 g/mol. The summed E-state index contributed by atoms with van der Waals surface area (Å²) in [7, 11) is 4.18. The van der Waals surface area contributed by atoms with Crippen molar-refractivity contribution in [3.63, 3.8) is 0 Å². The second-order valence-electron chi connectivity index (χ2n) is 10.3. The summed E-state index contributed by atoms with van der Waals surface area (Å²) >= 11 is 0. The highest BCUT2D eigenvalue weighted by Crippen LogP contribution is 2.15. The van der Waals surface area contributed by atoms with Gasteiger partial charge >= 0.3 is 11.9 Å². The first-order chi connectivity index (χ1) is 17.9. The number of esters is 1. The molecule has 0 saturated carbocycles. The van der Waals surface area contributed by atoms with Crippen molar-refractivity contribution in [2.75, 3.05) is 20.6 Å². The topological polar surface area (TPSA) is 66.8 Å². The Hall–Kier alpha value is -1.62. The van der Waals surface area contributed by atoms with Crippen molar-refractivity contribution in [2.24, 2.45) is 0 Å². The van der Waals surface area contributed by atoms with Crippen LogP contribution in [-0.2, 0) is 14.3 Å². The number of allylic oxidation sites excluding steroid dienone is 4. The Kier molecular flexibility index (Phi) is 31.0. The average Bonchev–Trinajstić information content (AvgIpc) is 2.85. The predicted molar refractivity (Wildman–Crippen MR) is 159 cm³/mol. The molecule has 0 saturated heterocycles. The van der Waals surface area contributed by atoms with Crippen LogP contribution in [0.3, 0.4) is 0 Å². The van der Waals surface area contributed by atoms with Crippen LogP contribution in [-0.4, -0.2) is 48.7 Å². The largest absolute Gasteiger partial charge is 0.481 e. The molecule has 0 spiro atoms. The summed E-state index contributed by atoms with van der Waals surface area (Å²) in [6.45, 7) is 7.68. The highest BCUT2D eigenvalue weighted by Gasteiger charge is 2.14. The average molecular weight is 524 g/mol. The van der Waals surface area contributed by atoms with Gasteiger partial charge in [0.2, 0.25) is 0 Å². The van der Waals surface area contributed by atoms with Gasteiger partial charge in [0, 0.05) is 12.8 Å². The number of carbonyl (C=O) groups excluding carboxylic acids is 1. The van der Waals surface area contributed by atoms with Crippen LogP contribution in [0.5, 0.6) is 0 Å². The first-order valence-electron chi connectivity index (χ1n) is 15.2. The molecule has 0 fully saturated rings. The van der Waals surface area contributed by atoms with E-state index in [1.54, 1.807) is 0 Å². The van der Waals surface area contributed by atoms with E-state index in [0.29, 0.717) is 12.8 Å². The fourth-order valence-corrected chi connectivity index (χ4v) is 3.84. The van der Waals surface area contributed by atoms with Gasteiger partial charge in [0.15, 0.2) is 0 Å². The molecule has 0 aromatic heterocycles. The maximum absolute atomic E-state index is 12.1. The molecule has 0 unspecified atom stereocenters. The molecule has 0 bridgehead atoms. The van der Waals surface area contributed by atoms with E-state index >= 15 is 0 Å². The number of hydrogen-bond donors (Lipinski definition) is 1. The number of carboxylic acid groups (broad SMARTS) is 1. The van der Waals surface area contributed by atoms with Crippen molar-refractivity contribution in [2.45, 2.75) is 149 Å². The number of unbranched alkanes of at least 4 members (excludes halogenated alkanes) is 9. The van der Waals surface area contributed by atoms with Crippen LogP contribution in [0.15, 0.2) is 24.3 Å². The number of rotatable bonds is 24. The predicted octanol–water partition coefficient (Wildman–Crippen LogP) is 9.11. The molecule has 5 heteroatoms. The van der Waals surface area contributed by atoms with Gasteiger partial charge in [-0.2, -0.15) is 0 Å². The highest BCUT2D eigenvalue weighted by atomic mass is 16.5. The minimum atomic E-state index is -0.715. The number of nitrogens with zero attached hydrogens (tertiary/aromatic N) is 1. The van der Waals surface area contributed by atoms with E-state index in [1.165, 1.54) is 64.2 Å². The summed E-state index contributed by atoms with van der Waals surface area (Å²) in [6.07, 6.45) is 28.6. The van der Waals surface area contributed by atoms with Gasteiger partial charge in [0.25, 0.3) is 0 Å². The Morgan fingerprint density at radius 2 is 1.16 bits per heavy atom. The molecule has 1 atom stereocenters. The lowest BCUT2D eigenvalue weighted by atomic mass is 10.1. The van der Waals surface area contributed by atoms with Crippen LogP contribution < -0.4 is 0 Å². The molecule has 37 heavy (non-hydrogen) atoms. The normalized spacial score (nSPS) is 12.2. The second-order valence-corrected chi connectivity index (χ2v) is 10.3. The molecule has 0 aromatic carbocycles. The molecule has 0 aromatic rings. The van der Waals surface area contributed by atoms with Crippen molar-refractivity contribution >= 4 is 11.9 Å². The van der Waals surface area contributed by atoms with Crippen LogP contribution >= 0.6 is 0 Å². The van der Waals surface area contributed by atoms with Crippen molar-refractivity contribution in [1.82, 2.24) is 4.90 Å². The molecule has 0 radical (unpaired) electrons. The third-order valence-corrected chi connectivity index (χ3v) is 6.13. The van der Waals surface area contributed by atoms with Gasteiger partial charge in [-0.05, 0) is 84.8 Å². The first-order valence-corrected chi connectivity index (χ1v) is 15.2. The Labute approximate surface area is 230 Å². The smallest absolute Gasteiger partial charge is 0.306 e. The number of ether oxygens (including phenoxy) is 1. The zero-order valence-electron chi connectivity index (χ0n) is 25.1. The van der Waals surface area contributed by atoms with Gasteiger partial charge in [0.1, 0.15) is 6.10 Å². The molecule has 0 amide bonds. The Morgan fingerprint density at radius 1 is 0.676 bits per heavy atom. The van der Waals surface area contributed by atoms with Crippen LogP contribution in [0.2, 0.25) is 0 Å². The van der Waals surface area contributed by atoms with Crippen molar-refractivity contribution in [3.8, 4) is 0 Å². The van der Waals surface area contributed by atoms with E-state index < -0.39 is 5.97 Å². The van der Waals surface area contributed by atoms with Gasteiger partial charge in [-0.25, -0.2) is 0 Å². The van der Waals surface area contributed by atoms with E-state index in [0.717, 1.165) is 45.1 Å². The fraction of sp³-hybridized carbons (Fsp3) is 0.812. The number of aliphatic carboxylic acids is 1. The summed E-state index contributed by atoms with van der Waals surface area (Å²) in [5, 5.41) is 8.32. The molecule has 0 aliphatic rings. The van der Waals surface area contributed by atoms with Crippen LogP contribution in [0.4, 0.5) is 0 Å². The SMILES string of the molecule is CCCCC/C=C\CCC(=O)O.CCCCC/C=C\CCC(=O)O[C@@H](CCCCCC)CCCN(C)C. The number of carbonyl (C=O) groups is 2. The second kappa shape index (κ2) is 30.6. The van der Waals surface area contributed by atoms with Crippen LogP contribution in [0.25, 0.3) is 0 Å². The standard InChI is InChI=1S/C22H43NO2.C10H18O2/c1-5-7-9-11-12-13-15-19-22(24)25-21(17-14-10-8-6-2)18-16-20-23(3)4;1-2-3-4-5-6-7-8-9-10(11)12/h12-13,21H,5-11,14-20H2,1-4H3;6-7H,2-5,8-9H2,1H3,(H,11,12)/b13-12-;7-6-/t21-;/m0./s1. The van der Waals surface area contributed by atoms with Gasteiger partial charge in [-0.1, -0.05) is 90.0 Å². The zero-order valence-corrected chi connectivity index (χ0v) is 25.1. The van der Waals surface area contributed by atoms with Gasteiger partial charge in [0.05, 0.1) is 0 Å².